The molecule has 0 amide bonds. The molecule has 3 nitrogen and oxygen atoms in total. The average molecular weight is 190 g/mol. The second-order valence-corrected chi connectivity index (χ2v) is 3.68. The van der Waals surface area contributed by atoms with E-state index >= 15 is 0 Å². The third-order valence-electron chi connectivity index (χ3n) is 2.78. The van der Waals surface area contributed by atoms with E-state index in [0.29, 0.717) is 12.1 Å². The van der Waals surface area contributed by atoms with Crippen LogP contribution in [0.3, 0.4) is 0 Å². The van der Waals surface area contributed by atoms with Gasteiger partial charge in [-0.3, -0.25) is 0 Å². The lowest BCUT2D eigenvalue weighted by molar-refractivity contribution is 0.149. The Morgan fingerprint density at radius 1 is 1.21 bits per heavy atom. The van der Waals surface area contributed by atoms with E-state index in [4.69, 9.17) is 10.6 Å². The topological polar surface area (TPSA) is 56.1 Å². The van der Waals surface area contributed by atoms with E-state index in [1.165, 1.54) is 11.1 Å². The molecule has 0 radical (unpaired) electrons. The molecule has 1 atom stereocenters. The van der Waals surface area contributed by atoms with E-state index in [1.54, 1.807) is 0 Å². The van der Waals surface area contributed by atoms with Crippen LogP contribution in [0.4, 0.5) is 0 Å². The van der Waals surface area contributed by atoms with Crippen LogP contribution in [0.2, 0.25) is 0 Å². The van der Waals surface area contributed by atoms with Gasteiger partial charge in [-0.2, -0.15) is 5.48 Å². The van der Waals surface area contributed by atoms with Gasteiger partial charge in [-0.25, -0.2) is 0 Å². The van der Waals surface area contributed by atoms with E-state index in [9.17, 15) is 0 Å². The van der Waals surface area contributed by atoms with Crippen molar-refractivity contribution in [3.8, 4) is 0 Å². The first kappa shape index (κ1) is 9.37. The van der Waals surface area contributed by atoms with Crippen LogP contribution in [0.1, 0.15) is 17.5 Å². The highest BCUT2D eigenvalue weighted by Crippen LogP contribution is 2.18. The maximum Gasteiger partial charge on any atom is 0.0735 e. The van der Waals surface area contributed by atoms with Crippen molar-refractivity contribution in [3.05, 3.63) is 35.4 Å². The minimum absolute atomic E-state index is 0.210. The standard InChI is InChI=1S/C11H14N2O/c12-10-6-5-8-3-1-2-4-9(8)7-11(10)13-14/h1-4,11-14H,5-7H2. The maximum atomic E-state index is 8.92. The molecule has 3 N–H and O–H groups in total. The van der Waals surface area contributed by atoms with Crippen molar-refractivity contribution in [2.45, 2.75) is 25.3 Å². The molecule has 14 heavy (non-hydrogen) atoms. The zero-order valence-electron chi connectivity index (χ0n) is 7.96. The van der Waals surface area contributed by atoms with Gasteiger partial charge in [-0.15, -0.1) is 0 Å². The van der Waals surface area contributed by atoms with Gasteiger partial charge in [-0.1, -0.05) is 24.3 Å². The lowest BCUT2D eigenvalue weighted by atomic mass is 10.0. The molecular formula is C11H14N2O. The summed E-state index contributed by atoms with van der Waals surface area (Å²) >= 11 is 0. The smallest absolute Gasteiger partial charge is 0.0735 e. The Morgan fingerprint density at radius 2 is 1.93 bits per heavy atom. The quantitative estimate of drug-likeness (QED) is 0.465. The van der Waals surface area contributed by atoms with Crippen LogP contribution < -0.4 is 5.48 Å². The SMILES string of the molecule is N=C1CCc2ccccc2CC1NO. The van der Waals surface area contributed by atoms with Gasteiger partial charge in [0.2, 0.25) is 0 Å². The van der Waals surface area contributed by atoms with Crippen molar-refractivity contribution in [3.63, 3.8) is 0 Å². The Morgan fingerprint density at radius 3 is 2.64 bits per heavy atom. The molecule has 2 rings (SSSR count). The van der Waals surface area contributed by atoms with Crippen molar-refractivity contribution in [2.75, 3.05) is 0 Å². The van der Waals surface area contributed by atoms with Gasteiger partial charge in [0.15, 0.2) is 0 Å². The van der Waals surface area contributed by atoms with E-state index < -0.39 is 0 Å². The summed E-state index contributed by atoms with van der Waals surface area (Å²) in [6.45, 7) is 0. The number of benzene rings is 1. The third kappa shape index (κ3) is 1.69. The van der Waals surface area contributed by atoms with Crippen molar-refractivity contribution < 1.29 is 5.21 Å². The van der Waals surface area contributed by atoms with Crippen LogP contribution in [-0.2, 0) is 12.8 Å². The van der Waals surface area contributed by atoms with Gasteiger partial charge >= 0.3 is 0 Å². The van der Waals surface area contributed by atoms with E-state index in [2.05, 4.69) is 17.6 Å². The molecule has 1 unspecified atom stereocenters. The highest BCUT2D eigenvalue weighted by atomic mass is 16.5. The molecular weight excluding hydrogens is 176 g/mol. The average Bonchev–Trinajstić information content (AvgIpc) is 2.38. The first-order valence-electron chi connectivity index (χ1n) is 4.85. The summed E-state index contributed by atoms with van der Waals surface area (Å²) in [6.07, 6.45) is 2.36. The fourth-order valence-corrected chi connectivity index (χ4v) is 1.91. The van der Waals surface area contributed by atoms with Crippen molar-refractivity contribution in [1.82, 2.24) is 5.48 Å². The van der Waals surface area contributed by atoms with Gasteiger partial charge in [0.1, 0.15) is 0 Å². The molecule has 1 aromatic rings. The van der Waals surface area contributed by atoms with Crippen LogP contribution in [0, 0.1) is 5.41 Å². The highest BCUT2D eigenvalue weighted by molar-refractivity contribution is 5.87. The Kier molecular flexibility index (Phi) is 2.61. The predicted octanol–water partition coefficient (Wildman–Crippen LogP) is 1.54. The number of rotatable bonds is 1. The Hall–Kier alpha value is -1.19. The zero-order valence-corrected chi connectivity index (χ0v) is 7.96. The van der Waals surface area contributed by atoms with Gasteiger partial charge < -0.3 is 10.6 Å². The summed E-state index contributed by atoms with van der Waals surface area (Å²) in [6, 6.07) is 7.98. The zero-order chi connectivity index (χ0) is 9.97. The normalized spacial score (nSPS) is 21.5. The van der Waals surface area contributed by atoms with E-state index in [1.807, 2.05) is 12.1 Å². The number of nitrogens with one attached hydrogen (secondary N) is 2. The molecule has 0 aromatic heterocycles. The third-order valence-corrected chi connectivity index (χ3v) is 2.78. The molecule has 0 aliphatic heterocycles. The van der Waals surface area contributed by atoms with Crippen LogP contribution in [0.5, 0.6) is 0 Å². The van der Waals surface area contributed by atoms with Gasteiger partial charge in [-0.05, 0) is 30.4 Å². The van der Waals surface area contributed by atoms with Gasteiger partial charge in [0, 0.05) is 5.71 Å². The minimum Gasteiger partial charge on any atom is -0.316 e. The van der Waals surface area contributed by atoms with E-state index in [-0.39, 0.29) is 6.04 Å². The summed E-state index contributed by atoms with van der Waals surface area (Å²) in [4.78, 5) is 0. The number of hydroxylamine groups is 1. The van der Waals surface area contributed by atoms with Gasteiger partial charge in [0.25, 0.3) is 0 Å². The maximum absolute atomic E-state index is 8.92. The molecule has 0 heterocycles. The Labute approximate surface area is 83.2 Å². The van der Waals surface area contributed by atoms with E-state index in [0.717, 1.165) is 12.8 Å². The lowest BCUT2D eigenvalue weighted by Gasteiger charge is -2.12. The largest absolute Gasteiger partial charge is 0.316 e. The second-order valence-electron chi connectivity index (χ2n) is 3.68. The number of hydrogen-bond acceptors (Lipinski definition) is 3. The molecule has 0 saturated carbocycles. The number of hydrogen-bond donors (Lipinski definition) is 3. The summed E-state index contributed by atoms with van der Waals surface area (Å²) in [5.74, 6) is 0. The van der Waals surface area contributed by atoms with Crippen molar-refractivity contribution in [1.29, 1.82) is 5.41 Å². The highest BCUT2D eigenvalue weighted by Gasteiger charge is 2.19. The summed E-state index contributed by atoms with van der Waals surface area (Å²) in [5, 5.41) is 16.7. The predicted molar refractivity (Wildman–Crippen MR) is 54.9 cm³/mol. The Balaban J connectivity index is 2.31. The Bertz CT molecular complexity index is 349. The fourth-order valence-electron chi connectivity index (χ4n) is 1.91. The molecule has 1 aliphatic carbocycles. The molecule has 0 fully saturated rings. The summed E-state index contributed by atoms with van der Waals surface area (Å²) < 4.78 is 0. The van der Waals surface area contributed by atoms with Crippen LogP contribution in [0.25, 0.3) is 0 Å². The second kappa shape index (κ2) is 3.90. The molecule has 0 saturated heterocycles. The first-order chi connectivity index (χ1) is 6.81. The molecule has 1 aromatic carbocycles. The summed E-state index contributed by atoms with van der Waals surface area (Å²) in [5.41, 5.74) is 5.34. The molecule has 3 heteroatoms. The fraction of sp³-hybridized carbons (Fsp3) is 0.364. The molecule has 1 aliphatic rings. The van der Waals surface area contributed by atoms with Gasteiger partial charge in [0.05, 0.1) is 6.04 Å². The van der Waals surface area contributed by atoms with Crippen LogP contribution in [0.15, 0.2) is 24.3 Å². The molecule has 0 bridgehead atoms. The number of aryl methyl sites for hydroxylation is 1. The van der Waals surface area contributed by atoms with Crippen molar-refractivity contribution in [2.24, 2.45) is 0 Å². The summed E-state index contributed by atoms with van der Waals surface area (Å²) in [7, 11) is 0. The molecule has 74 valence electrons. The lowest BCUT2D eigenvalue weighted by Crippen LogP contribution is -2.35. The van der Waals surface area contributed by atoms with Crippen LogP contribution in [-0.4, -0.2) is 17.0 Å². The minimum atomic E-state index is -0.210. The number of fused-ring (bicyclic) bond motifs is 1. The molecule has 0 spiro atoms. The van der Waals surface area contributed by atoms with Crippen molar-refractivity contribution >= 4 is 5.71 Å². The van der Waals surface area contributed by atoms with Crippen LogP contribution >= 0.6 is 0 Å². The monoisotopic (exact) mass is 190 g/mol. The first-order valence-corrected chi connectivity index (χ1v) is 4.85.